The third kappa shape index (κ3) is 5.12. The Hall–Kier alpha value is -0.290. The van der Waals surface area contributed by atoms with E-state index in [1.54, 1.807) is 6.07 Å². The van der Waals surface area contributed by atoms with Crippen molar-refractivity contribution in [1.29, 1.82) is 0 Å². The second-order valence-corrected chi connectivity index (χ2v) is 9.37. The smallest absolute Gasteiger partial charge is 0.748 e. The van der Waals surface area contributed by atoms with E-state index in [4.69, 9.17) is 0 Å². The van der Waals surface area contributed by atoms with E-state index >= 15 is 0 Å². The minimum absolute atomic E-state index is 0. The first-order valence-electron chi connectivity index (χ1n) is 7.49. The molecular weight excluding hydrogens is 377 g/mol. The summed E-state index contributed by atoms with van der Waals surface area (Å²) in [5.41, 5.74) is 2.08. The molecule has 0 aromatic heterocycles. The molecule has 25 heavy (non-hydrogen) atoms. The third-order valence-electron chi connectivity index (χ3n) is 4.56. The maximum absolute atomic E-state index is 11.2. The summed E-state index contributed by atoms with van der Waals surface area (Å²) in [4.78, 5) is -0.263. The van der Waals surface area contributed by atoms with Gasteiger partial charge in [-0.05, 0) is 32.4 Å². The van der Waals surface area contributed by atoms with Gasteiger partial charge in [-0.1, -0.05) is 0 Å². The molecule has 0 aliphatic carbocycles. The third-order valence-corrected chi connectivity index (χ3v) is 6.18. The Morgan fingerprint density at radius 2 is 1.68 bits per heavy atom. The van der Waals surface area contributed by atoms with Crippen LogP contribution in [0.5, 0.6) is 0 Å². The molecule has 0 radical (unpaired) electrons. The average Bonchev–Trinajstić information content (AvgIpc) is 2.61. The zero-order valence-corrected chi connectivity index (χ0v) is 18.4. The largest absolute Gasteiger partial charge is 1.00 e. The Morgan fingerprint density at radius 1 is 1.08 bits per heavy atom. The SMILES string of the molecule is CC1=[N+](CCCCS(=O)(=O)[O-])c2ccc(S(=O)(=O)[O-])cc2C1(C)C.[Na+]. The maximum atomic E-state index is 11.2. The molecule has 0 saturated heterocycles. The first-order chi connectivity index (χ1) is 10.8. The zero-order chi connectivity index (χ0) is 18.3. The van der Waals surface area contributed by atoms with Crippen LogP contribution in [0, 0.1) is 0 Å². The molecule has 0 unspecified atom stereocenters. The van der Waals surface area contributed by atoms with Crippen molar-refractivity contribution in [3.8, 4) is 0 Å². The van der Waals surface area contributed by atoms with E-state index in [9.17, 15) is 25.9 Å². The molecule has 2 rings (SSSR count). The van der Waals surface area contributed by atoms with Crippen LogP contribution in [0.15, 0.2) is 23.1 Å². The second-order valence-electron chi connectivity index (χ2n) is 6.46. The van der Waals surface area contributed by atoms with Gasteiger partial charge in [0.2, 0.25) is 5.69 Å². The predicted molar refractivity (Wildman–Crippen MR) is 86.7 cm³/mol. The fraction of sp³-hybridized carbons (Fsp3) is 0.533. The number of benzene rings is 1. The number of hydrogen-bond donors (Lipinski definition) is 0. The minimum atomic E-state index is -4.53. The fourth-order valence-electron chi connectivity index (χ4n) is 2.96. The number of nitrogens with zero attached hydrogens (tertiary/aromatic N) is 1. The van der Waals surface area contributed by atoms with Crippen LogP contribution in [0.1, 0.15) is 39.2 Å². The Bertz CT molecular complexity index is 904. The van der Waals surface area contributed by atoms with Gasteiger partial charge < -0.3 is 9.11 Å². The first-order valence-corrected chi connectivity index (χ1v) is 10.5. The van der Waals surface area contributed by atoms with Crippen LogP contribution < -0.4 is 29.6 Å². The summed E-state index contributed by atoms with van der Waals surface area (Å²) in [5.74, 6) is -0.399. The molecule has 10 heteroatoms. The van der Waals surface area contributed by atoms with Gasteiger partial charge >= 0.3 is 29.6 Å². The van der Waals surface area contributed by atoms with Crippen LogP contribution >= 0.6 is 0 Å². The molecule has 134 valence electrons. The van der Waals surface area contributed by atoms with Gasteiger partial charge in [-0.25, -0.2) is 16.8 Å². The number of fused-ring (bicyclic) bond motifs is 1. The Morgan fingerprint density at radius 3 is 2.20 bits per heavy atom. The normalized spacial score (nSPS) is 16.5. The minimum Gasteiger partial charge on any atom is -0.748 e. The summed E-state index contributed by atoms with van der Waals surface area (Å²) in [6.45, 7) is 6.30. The standard InChI is InChI=1S/C15H21NO6S2.Na/c1-11-15(2,3)13-10-12(24(20,21)22)6-7-14(13)16(11)8-4-5-9-23(17,18)19;/h6-7,10H,4-5,8-9H2,1-3H3,(H-,17,18,19,20,21,22);/q;+1/p-1. The van der Waals surface area contributed by atoms with Crippen molar-refractivity contribution in [2.24, 2.45) is 0 Å². The molecule has 0 spiro atoms. The number of unbranched alkanes of at least 4 members (excludes halogenated alkanes) is 1. The van der Waals surface area contributed by atoms with E-state index in [2.05, 4.69) is 0 Å². The van der Waals surface area contributed by atoms with E-state index in [1.807, 2.05) is 25.3 Å². The van der Waals surface area contributed by atoms with Gasteiger partial charge in [0, 0.05) is 30.7 Å². The van der Waals surface area contributed by atoms with Crippen molar-refractivity contribution in [3.63, 3.8) is 0 Å². The second kappa shape index (κ2) is 7.75. The Balaban J connectivity index is 0.00000312. The molecule has 0 N–H and O–H groups in total. The predicted octanol–water partition coefficient (Wildman–Crippen LogP) is -1.68. The zero-order valence-electron chi connectivity index (χ0n) is 14.8. The first kappa shape index (κ1) is 22.8. The molecule has 0 bridgehead atoms. The summed E-state index contributed by atoms with van der Waals surface area (Å²) in [7, 11) is -8.74. The van der Waals surface area contributed by atoms with Gasteiger partial charge in [0.15, 0.2) is 5.71 Å². The van der Waals surface area contributed by atoms with Gasteiger partial charge in [0.25, 0.3) is 0 Å². The van der Waals surface area contributed by atoms with E-state index in [1.165, 1.54) is 12.1 Å². The summed E-state index contributed by atoms with van der Waals surface area (Å²) in [6.07, 6.45) is 0.772. The summed E-state index contributed by atoms with van der Waals surface area (Å²) < 4.78 is 67.7. The quantitative estimate of drug-likeness (QED) is 0.245. The molecule has 1 aromatic carbocycles. The topological polar surface area (TPSA) is 117 Å². The molecule has 0 fully saturated rings. The van der Waals surface area contributed by atoms with Crippen LogP contribution in [0.3, 0.4) is 0 Å². The molecule has 0 saturated carbocycles. The molecular formula is C15H20NNaO6S2. The van der Waals surface area contributed by atoms with Gasteiger partial charge in [-0.2, -0.15) is 4.58 Å². The summed E-state index contributed by atoms with van der Waals surface area (Å²) >= 11 is 0. The van der Waals surface area contributed by atoms with E-state index in [0.717, 1.165) is 17.0 Å². The fourth-order valence-corrected chi connectivity index (χ4v) is 4.01. The molecule has 7 nitrogen and oxygen atoms in total. The van der Waals surface area contributed by atoms with Crippen molar-refractivity contribution < 1.29 is 60.1 Å². The van der Waals surface area contributed by atoms with E-state index in [-0.39, 0.29) is 40.9 Å². The summed E-state index contributed by atoms with van der Waals surface area (Å²) in [6, 6.07) is 4.29. The summed E-state index contributed by atoms with van der Waals surface area (Å²) in [5, 5.41) is 0. The molecule has 0 amide bonds. The Labute approximate surface area is 170 Å². The molecule has 1 heterocycles. The van der Waals surface area contributed by atoms with Crippen LogP contribution in [0.25, 0.3) is 0 Å². The van der Waals surface area contributed by atoms with Crippen molar-refractivity contribution >= 4 is 31.6 Å². The molecule has 1 aromatic rings. The molecule has 1 aliphatic rings. The van der Waals surface area contributed by atoms with Crippen molar-refractivity contribution in [2.45, 2.75) is 43.9 Å². The van der Waals surface area contributed by atoms with Crippen molar-refractivity contribution in [1.82, 2.24) is 0 Å². The molecule has 1 aliphatic heterocycles. The molecule has 0 atom stereocenters. The Kier molecular flexibility index (Phi) is 7.06. The van der Waals surface area contributed by atoms with E-state index < -0.39 is 31.4 Å². The monoisotopic (exact) mass is 397 g/mol. The maximum Gasteiger partial charge on any atom is 1.00 e. The van der Waals surface area contributed by atoms with Crippen LogP contribution in [-0.4, -0.2) is 48.5 Å². The number of rotatable bonds is 6. The van der Waals surface area contributed by atoms with Gasteiger partial charge in [0.1, 0.15) is 16.7 Å². The van der Waals surface area contributed by atoms with E-state index in [0.29, 0.717) is 13.0 Å². The van der Waals surface area contributed by atoms with Crippen molar-refractivity contribution in [3.05, 3.63) is 23.8 Å². The average molecular weight is 397 g/mol. The van der Waals surface area contributed by atoms with Gasteiger partial charge in [-0.3, -0.25) is 0 Å². The van der Waals surface area contributed by atoms with Gasteiger partial charge in [0.05, 0.1) is 20.4 Å². The van der Waals surface area contributed by atoms with Crippen LogP contribution in [0.2, 0.25) is 0 Å². The van der Waals surface area contributed by atoms with Crippen LogP contribution in [0.4, 0.5) is 5.69 Å². The van der Waals surface area contributed by atoms with Gasteiger partial charge in [-0.15, -0.1) is 0 Å². The van der Waals surface area contributed by atoms with Crippen molar-refractivity contribution in [2.75, 3.05) is 12.3 Å². The number of hydrogen-bond acceptors (Lipinski definition) is 6. The van der Waals surface area contributed by atoms with Crippen LogP contribution in [-0.2, 0) is 25.7 Å².